The van der Waals surface area contributed by atoms with Crippen LogP contribution in [0.25, 0.3) is 0 Å². The molecular weight excluding hydrogens is 322 g/mol. The Morgan fingerprint density at radius 3 is 2.48 bits per heavy atom. The van der Waals surface area contributed by atoms with Gasteiger partial charge in [-0.15, -0.1) is 0 Å². The Kier molecular flexibility index (Phi) is 8.70. The first-order chi connectivity index (χ1) is 11.8. The van der Waals surface area contributed by atoms with Gasteiger partial charge in [-0.05, 0) is 33.3 Å². The summed E-state index contributed by atoms with van der Waals surface area (Å²) in [5.41, 5.74) is 0.414. The van der Waals surface area contributed by atoms with Crippen LogP contribution in [0.5, 0.6) is 0 Å². The molecule has 25 heavy (non-hydrogen) atoms. The van der Waals surface area contributed by atoms with Crippen molar-refractivity contribution >= 4 is 12.1 Å². The first kappa shape index (κ1) is 20.7. The molecule has 0 saturated carbocycles. The van der Waals surface area contributed by atoms with E-state index in [2.05, 4.69) is 5.32 Å². The smallest absolute Gasteiger partial charge is 0.408 e. The van der Waals surface area contributed by atoms with Gasteiger partial charge in [-0.1, -0.05) is 36.4 Å². The summed E-state index contributed by atoms with van der Waals surface area (Å²) in [7, 11) is 0. The average Bonchev–Trinajstić information content (AvgIpc) is 2.52. The Balaban J connectivity index is 2.60. The lowest BCUT2D eigenvalue weighted by Crippen LogP contribution is -2.40. The minimum absolute atomic E-state index is 0.198. The third-order valence-electron chi connectivity index (χ3n) is 2.86. The second-order valence-corrected chi connectivity index (χ2v) is 6.36. The minimum atomic E-state index is -0.607. The van der Waals surface area contributed by atoms with Crippen molar-refractivity contribution in [2.24, 2.45) is 0 Å². The highest BCUT2D eigenvalue weighted by molar-refractivity contribution is 5.82. The SMILES string of the molecule is CCOC(=O)/C=C/[C@H](COCc1ccccc1)NC(=O)OC(C)(C)C. The normalized spacial score (nSPS) is 12.6. The predicted molar refractivity (Wildman–Crippen MR) is 95.0 cm³/mol. The molecule has 0 heterocycles. The maximum atomic E-state index is 11.9. The maximum absolute atomic E-state index is 11.9. The summed E-state index contributed by atoms with van der Waals surface area (Å²) in [6.45, 7) is 7.96. The quantitative estimate of drug-likeness (QED) is 0.576. The van der Waals surface area contributed by atoms with E-state index in [0.29, 0.717) is 6.61 Å². The summed E-state index contributed by atoms with van der Waals surface area (Å²) in [6, 6.07) is 9.17. The standard InChI is InChI=1S/C19H27NO5/c1-5-24-17(21)12-11-16(20-18(22)25-19(2,3)4)14-23-13-15-9-7-6-8-10-15/h6-12,16H,5,13-14H2,1-4H3,(H,20,22)/b12-11+/t16-/m1/s1. The van der Waals surface area contributed by atoms with Crippen LogP contribution in [-0.4, -0.2) is 36.9 Å². The van der Waals surface area contributed by atoms with Crippen LogP contribution in [-0.2, 0) is 25.6 Å². The number of esters is 1. The fraction of sp³-hybridized carbons (Fsp3) is 0.474. The lowest BCUT2D eigenvalue weighted by molar-refractivity contribution is -0.137. The zero-order valence-electron chi connectivity index (χ0n) is 15.3. The highest BCUT2D eigenvalue weighted by atomic mass is 16.6. The molecule has 1 aromatic carbocycles. The van der Waals surface area contributed by atoms with Gasteiger partial charge in [0, 0.05) is 6.08 Å². The van der Waals surface area contributed by atoms with Gasteiger partial charge in [0.25, 0.3) is 0 Å². The molecule has 0 spiro atoms. The van der Waals surface area contributed by atoms with E-state index in [0.717, 1.165) is 5.56 Å². The summed E-state index contributed by atoms with van der Waals surface area (Å²) in [5.74, 6) is -0.471. The molecule has 0 aromatic heterocycles. The lowest BCUT2D eigenvalue weighted by Gasteiger charge is -2.22. The molecule has 0 aliphatic rings. The third kappa shape index (κ3) is 10.2. The molecule has 1 N–H and O–H groups in total. The Morgan fingerprint density at radius 1 is 1.20 bits per heavy atom. The molecule has 0 aliphatic heterocycles. The monoisotopic (exact) mass is 349 g/mol. The van der Waals surface area contributed by atoms with Crippen LogP contribution in [0.15, 0.2) is 42.5 Å². The van der Waals surface area contributed by atoms with Gasteiger partial charge < -0.3 is 19.5 Å². The number of benzene rings is 1. The molecule has 138 valence electrons. The van der Waals surface area contributed by atoms with Gasteiger partial charge in [0.2, 0.25) is 0 Å². The molecule has 1 amide bonds. The number of rotatable bonds is 8. The number of alkyl carbamates (subject to hydrolysis) is 1. The van der Waals surface area contributed by atoms with E-state index in [1.807, 2.05) is 30.3 Å². The topological polar surface area (TPSA) is 73.9 Å². The van der Waals surface area contributed by atoms with Crippen molar-refractivity contribution in [3.8, 4) is 0 Å². The second kappa shape index (κ2) is 10.5. The molecule has 0 saturated heterocycles. The molecular formula is C19H27NO5. The Bertz CT molecular complexity index is 563. The molecule has 0 bridgehead atoms. The highest BCUT2D eigenvalue weighted by Gasteiger charge is 2.18. The van der Waals surface area contributed by atoms with Crippen molar-refractivity contribution in [2.75, 3.05) is 13.2 Å². The third-order valence-corrected chi connectivity index (χ3v) is 2.86. The predicted octanol–water partition coefficient (Wildman–Crippen LogP) is 3.22. The summed E-state index contributed by atoms with van der Waals surface area (Å²) in [5, 5.41) is 2.68. The largest absolute Gasteiger partial charge is 0.463 e. The minimum Gasteiger partial charge on any atom is -0.463 e. The molecule has 6 heteroatoms. The lowest BCUT2D eigenvalue weighted by atomic mass is 10.2. The summed E-state index contributed by atoms with van der Waals surface area (Å²) in [6.07, 6.45) is 2.24. The molecule has 0 radical (unpaired) electrons. The van der Waals surface area contributed by atoms with Crippen LogP contribution in [0.4, 0.5) is 4.79 Å². The van der Waals surface area contributed by atoms with E-state index < -0.39 is 23.7 Å². The number of ether oxygens (including phenoxy) is 3. The van der Waals surface area contributed by atoms with Crippen LogP contribution >= 0.6 is 0 Å². The molecule has 1 atom stereocenters. The summed E-state index contributed by atoms with van der Waals surface area (Å²) >= 11 is 0. The van der Waals surface area contributed by atoms with Gasteiger partial charge in [0.05, 0.1) is 25.9 Å². The van der Waals surface area contributed by atoms with Gasteiger partial charge in [-0.2, -0.15) is 0 Å². The van der Waals surface area contributed by atoms with Crippen molar-refractivity contribution < 1.29 is 23.8 Å². The fourth-order valence-corrected chi connectivity index (χ4v) is 1.87. The van der Waals surface area contributed by atoms with Crippen LogP contribution in [0.3, 0.4) is 0 Å². The van der Waals surface area contributed by atoms with Crippen molar-refractivity contribution in [3.05, 3.63) is 48.0 Å². The van der Waals surface area contributed by atoms with E-state index in [4.69, 9.17) is 14.2 Å². The van der Waals surface area contributed by atoms with Crippen LogP contribution in [0, 0.1) is 0 Å². The summed E-state index contributed by atoms with van der Waals surface area (Å²) in [4.78, 5) is 23.4. The number of hydrogen-bond donors (Lipinski definition) is 1. The van der Waals surface area contributed by atoms with Gasteiger partial charge in [-0.3, -0.25) is 0 Å². The first-order valence-corrected chi connectivity index (χ1v) is 8.26. The van der Waals surface area contributed by atoms with Crippen molar-refractivity contribution in [3.63, 3.8) is 0 Å². The van der Waals surface area contributed by atoms with Crippen LogP contribution in [0.1, 0.15) is 33.3 Å². The van der Waals surface area contributed by atoms with Gasteiger partial charge in [0.1, 0.15) is 5.60 Å². The summed E-state index contributed by atoms with van der Waals surface area (Å²) < 4.78 is 15.7. The molecule has 0 aliphatic carbocycles. The van der Waals surface area contributed by atoms with Gasteiger partial charge in [-0.25, -0.2) is 9.59 Å². The number of hydrogen-bond acceptors (Lipinski definition) is 5. The number of carbonyl (C=O) groups is 2. The van der Waals surface area contributed by atoms with E-state index in [1.165, 1.54) is 12.2 Å². The number of nitrogens with one attached hydrogen (secondary N) is 1. The molecule has 6 nitrogen and oxygen atoms in total. The Morgan fingerprint density at radius 2 is 1.88 bits per heavy atom. The van der Waals surface area contributed by atoms with E-state index in [1.54, 1.807) is 27.7 Å². The van der Waals surface area contributed by atoms with E-state index in [9.17, 15) is 9.59 Å². The van der Waals surface area contributed by atoms with E-state index in [-0.39, 0.29) is 13.2 Å². The Hall–Kier alpha value is -2.34. The van der Waals surface area contributed by atoms with Crippen molar-refractivity contribution in [1.82, 2.24) is 5.32 Å². The highest BCUT2D eigenvalue weighted by Crippen LogP contribution is 2.07. The Labute approximate surface area is 149 Å². The van der Waals surface area contributed by atoms with Crippen molar-refractivity contribution in [2.45, 2.75) is 45.9 Å². The first-order valence-electron chi connectivity index (χ1n) is 8.26. The average molecular weight is 349 g/mol. The van der Waals surface area contributed by atoms with E-state index >= 15 is 0 Å². The second-order valence-electron chi connectivity index (χ2n) is 6.36. The van der Waals surface area contributed by atoms with Crippen molar-refractivity contribution in [1.29, 1.82) is 0 Å². The number of carbonyl (C=O) groups excluding carboxylic acids is 2. The zero-order chi connectivity index (χ0) is 18.7. The van der Waals surface area contributed by atoms with Crippen LogP contribution in [0.2, 0.25) is 0 Å². The fourth-order valence-electron chi connectivity index (χ4n) is 1.87. The molecule has 1 rings (SSSR count). The number of amides is 1. The molecule has 0 fully saturated rings. The van der Waals surface area contributed by atoms with Gasteiger partial charge >= 0.3 is 12.1 Å². The maximum Gasteiger partial charge on any atom is 0.408 e. The van der Waals surface area contributed by atoms with Crippen LogP contribution < -0.4 is 5.32 Å². The molecule has 0 unspecified atom stereocenters. The van der Waals surface area contributed by atoms with Gasteiger partial charge in [0.15, 0.2) is 0 Å². The zero-order valence-corrected chi connectivity index (χ0v) is 15.3. The molecule has 1 aromatic rings.